The molecule has 1 atom stereocenters. The lowest BCUT2D eigenvalue weighted by molar-refractivity contribution is 0.481. The highest BCUT2D eigenvalue weighted by molar-refractivity contribution is 5.41. The van der Waals surface area contributed by atoms with E-state index in [1.54, 1.807) is 0 Å². The maximum atomic E-state index is 5.90. The Balaban J connectivity index is 1.77. The van der Waals surface area contributed by atoms with Crippen LogP contribution in [0.25, 0.3) is 0 Å². The summed E-state index contributed by atoms with van der Waals surface area (Å²) in [4.78, 5) is 0. The molecule has 2 N–H and O–H groups in total. The van der Waals surface area contributed by atoms with E-state index in [2.05, 4.69) is 18.2 Å². The Hall–Kier alpha value is -1.80. The largest absolute Gasteiger partial charge is 0.457 e. The van der Waals surface area contributed by atoms with Crippen LogP contribution in [-0.4, -0.2) is 0 Å². The first-order valence-corrected chi connectivity index (χ1v) is 6.87. The van der Waals surface area contributed by atoms with E-state index < -0.39 is 0 Å². The van der Waals surface area contributed by atoms with Gasteiger partial charge in [-0.2, -0.15) is 0 Å². The molecule has 2 aromatic rings. The first kappa shape index (κ1) is 12.2. The molecule has 0 amide bonds. The van der Waals surface area contributed by atoms with Gasteiger partial charge in [0.25, 0.3) is 0 Å². The van der Waals surface area contributed by atoms with Crippen molar-refractivity contribution in [2.24, 2.45) is 5.73 Å². The monoisotopic (exact) mass is 253 g/mol. The maximum absolute atomic E-state index is 5.90. The van der Waals surface area contributed by atoms with Gasteiger partial charge in [0, 0.05) is 6.04 Å². The second-order valence-electron chi connectivity index (χ2n) is 5.24. The van der Waals surface area contributed by atoms with Gasteiger partial charge in [-0.05, 0) is 67.1 Å². The smallest absolute Gasteiger partial charge is 0.127 e. The molecule has 0 bridgehead atoms. The molecule has 0 saturated carbocycles. The molecule has 0 aliphatic heterocycles. The van der Waals surface area contributed by atoms with Crippen LogP contribution >= 0.6 is 0 Å². The van der Waals surface area contributed by atoms with E-state index in [0.717, 1.165) is 17.1 Å². The van der Waals surface area contributed by atoms with Crippen molar-refractivity contribution in [2.45, 2.75) is 32.2 Å². The van der Waals surface area contributed by atoms with Gasteiger partial charge in [0.15, 0.2) is 0 Å². The third-order valence-corrected chi connectivity index (χ3v) is 3.71. The molecule has 0 heterocycles. The van der Waals surface area contributed by atoms with E-state index in [9.17, 15) is 0 Å². The average Bonchev–Trinajstić information content (AvgIpc) is 2.87. The summed E-state index contributed by atoms with van der Waals surface area (Å²) in [5.41, 5.74) is 9.87. The predicted octanol–water partition coefficient (Wildman–Crippen LogP) is 3.99. The number of rotatable bonds is 3. The second-order valence-corrected chi connectivity index (χ2v) is 5.24. The molecule has 0 radical (unpaired) electrons. The van der Waals surface area contributed by atoms with Gasteiger partial charge in [-0.1, -0.05) is 18.2 Å². The lowest BCUT2D eigenvalue weighted by atomic mass is 10.1. The number of hydrogen-bond acceptors (Lipinski definition) is 2. The van der Waals surface area contributed by atoms with Crippen molar-refractivity contribution in [2.75, 3.05) is 0 Å². The van der Waals surface area contributed by atoms with Gasteiger partial charge in [-0.25, -0.2) is 0 Å². The van der Waals surface area contributed by atoms with Crippen molar-refractivity contribution in [3.8, 4) is 11.5 Å². The van der Waals surface area contributed by atoms with Crippen molar-refractivity contribution in [3.63, 3.8) is 0 Å². The van der Waals surface area contributed by atoms with E-state index >= 15 is 0 Å². The van der Waals surface area contributed by atoms with Gasteiger partial charge in [0.1, 0.15) is 11.5 Å². The second kappa shape index (κ2) is 5.06. The molecule has 98 valence electrons. The number of benzene rings is 2. The van der Waals surface area contributed by atoms with E-state index in [-0.39, 0.29) is 6.04 Å². The quantitative estimate of drug-likeness (QED) is 0.897. The molecule has 1 aliphatic rings. The lowest BCUT2D eigenvalue weighted by Crippen LogP contribution is -2.04. The van der Waals surface area contributed by atoms with Gasteiger partial charge >= 0.3 is 0 Å². The Kier molecular flexibility index (Phi) is 3.26. The minimum Gasteiger partial charge on any atom is -0.457 e. The van der Waals surface area contributed by atoms with E-state index in [4.69, 9.17) is 10.5 Å². The van der Waals surface area contributed by atoms with Crippen molar-refractivity contribution >= 4 is 0 Å². The number of nitrogens with two attached hydrogens (primary N) is 1. The van der Waals surface area contributed by atoms with Crippen LogP contribution in [0, 0.1) is 0 Å². The fourth-order valence-corrected chi connectivity index (χ4v) is 2.59. The van der Waals surface area contributed by atoms with Crippen molar-refractivity contribution < 1.29 is 4.74 Å². The van der Waals surface area contributed by atoms with Gasteiger partial charge < -0.3 is 10.5 Å². The Morgan fingerprint density at radius 1 is 0.947 bits per heavy atom. The number of ether oxygens (including phenoxy) is 1. The van der Waals surface area contributed by atoms with Crippen LogP contribution < -0.4 is 10.5 Å². The molecule has 2 nitrogen and oxygen atoms in total. The number of fused-ring (bicyclic) bond motifs is 1. The molecule has 3 rings (SSSR count). The molecule has 0 saturated heterocycles. The molecule has 2 aromatic carbocycles. The van der Waals surface area contributed by atoms with Crippen molar-refractivity contribution in [1.29, 1.82) is 0 Å². The molecular weight excluding hydrogens is 234 g/mol. The first-order valence-electron chi connectivity index (χ1n) is 6.87. The molecular formula is C17H19NO. The Labute approximate surface area is 114 Å². The van der Waals surface area contributed by atoms with Gasteiger partial charge in [0.05, 0.1) is 0 Å². The molecule has 0 aromatic heterocycles. The zero-order valence-electron chi connectivity index (χ0n) is 11.2. The summed E-state index contributed by atoms with van der Waals surface area (Å²) in [6.45, 7) is 1.98. The van der Waals surface area contributed by atoms with Crippen LogP contribution in [0.15, 0.2) is 42.5 Å². The van der Waals surface area contributed by atoms with Crippen LogP contribution in [0.1, 0.15) is 36.1 Å². The zero-order chi connectivity index (χ0) is 13.2. The predicted molar refractivity (Wildman–Crippen MR) is 77.6 cm³/mol. The summed E-state index contributed by atoms with van der Waals surface area (Å²) >= 11 is 0. The topological polar surface area (TPSA) is 35.2 Å². The van der Waals surface area contributed by atoms with E-state index in [1.165, 1.54) is 30.4 Å². The molecule has 1 unspecified atom stereocenters. The zero-order valence-corrected chi connectivity index (χ0v) is 11.2. The fourth-order valence-electron chi connectivity index (χ4n) is 2.59. The highest BCUT2D eigenvalue weighted by atomic mass is 16.5. The third kappa shape index (κ3) is 2.64. The Bertz CT molecular complexity index is 572. The summed E-state index contributed by atoms with van der Waals surface area (Å²) in [5, 5.41) is 0. The fraction of sp³-hybridized carbons (Fsp3) is 0.294. The van der Waals surface area contributed by atoms with Crippen LogP contribution in [0.2, 0.25) is 0 Å². The first-order chi connectivity index (χ1) is 9.22. The van der Waals surface area contributed by atoms with Crippen LogP contribution in [0.4, 0.5) is 0 Å². The molecule has 2 heteroatoms. The Morgan fingerprint density at radius 2 is 1.63 bits per heavy atom. The van der Waals surface area contributed by atoms with E-state index in [0.29, 0.717) is 0 Å². The van der Waals surface area contributed by atoms with Gasteiger partial charge in [-0.15, -0.1) is 0 Å². The van der Waals surface area contributed by atoms with Crippen LogP contribution in [0.3, 0.4) is 0 Å². The SMILES string of the molecule is CC(N)c1ccc(Oc2ccc3c(c2)CCC3)cc1. The summed E-state index contributed by atoms with van der Waals surface area (Å²) in [6, 6.07) is 14.5. The number of hydrogen-bond donors (Lipinski definition) is 1. The highest BCUT2D eigenvalue weighted by Gasteiger charge is 2.11. The highest BCUT2D eigenvalue weighted by Crippen LogP contribution is 2.29. The molecule has 1 aliphatic carbocycles. The molecule has 0 spiro atoms. The maximum Gasteiger partial charge on any atom is 0.127 e. The minimum absolute atomic E-state index is 0.0639. The third-order valence-electron chi connectivity index (χ3n) is 3.71. The van der Waals surface area contributed by atoms with Crippen molar-refractivity contribution in [3.05, 3.63) is 59.2 Å². The summed E-state index contributed by atoms with van der Waals surface area (Å²) in [5.74, 6) is 1.79. The van der Waals surface area contributed by atoms with Gasteiger partial charge in [-0.3, -0.25) is 0 Å². The average molecular weight is 253 g/mol. The molecule has 19 heavy (non-hydrogen) atoms. The Morgan fingerprint density at radius 3 is 2.37 bits per heavy atom. The molecule has 0 fully saturated rings. The van der Waals surface area contributed by atoms with Crippen LogP contribution in [-0.2, 0) is 12.8 Å². The van der Waals surface area contributed by atoms with Gasteiger partial charge in [0.2, 0.25) is 0 Å². The van der Waals surface area contributed by atoms with Crippen molar-refractivity contribution in [1.82, 2.24) is 0 Å². The van der Waals surface area contributed by atoms with Crippen LogP contribution in [0.5, 0.6) is 11.5 Å². The van der Waals surface area contributed by atoms with E-state index in [1.807, 2.05) is 31.2 Å². The normalized spacial score (nSPS) is 15.1. The summed E-state index contributed by atoms with van der Waals surface area (Å²) in [7, 11) is 0. The minimum atomic E-state index is 0.0639. The summed E-state index contributed by atoms with van der Waals surface area (Å²) in [6.07, 6.45) is 3.65. The number of aryl methyl sites for hydroxylation is 2. The lowest BCUT2D eigenvalue weighted by Gasteiger charge is -2.10. The summed E-state index contributed by atoms with van der Waals surface area (Å²) < 4.78 is 5.90. The standard InChI is InChI=1S/C17H19NO/c1-12(18)13-5-8-16(9-6-13)19-17-10-7-14-3-2-4-15(14)11-17/h5-12H,2-4,18H2,1H3.